The van der Waals surface area contributed by atoms with Crippen molar-refractivity contribution in [2.24, 2.45) is 5.73 Å². The van der Waals surface area contributed by atoms with Crippen molar-refractivity contribution in [1.29, 1.82) is 0 Å². The fourth-order valence-electron chi connectivity index (χ4n) is 1.35. The molecule has 1 aromatic rings. The maximum atomic E-state index is 5.55. The molecule has 3 nitrogen and oxygen atoms in total. The van der Waals surface area contributed by atoms with Crippen molar-refractivity contribution in [2.75, 3.05) is 13.7 Å². The van der Waals surface area contributed by atoms with Gasteiger partial charge in [-0.1, -0.05) is 17.9 Å². The Bertz CT molecular complexity index is 416. The standard InChI is InChI=1S/C14H19NO2/c1-11(2)17-10-12-6-7-14(16-3)13(9-12)5-4-8-15/h6-7,9,11H,8,10,15H2,1-3H3. The Morgan fingerprint density at radius 2 is 2.12 bits per heavy atom. The van der Waals surface area contributed by atoms with Gasteiger partial charge in [0.15, 0.2) is 0 Å². The highest BCUT2D eigenvalue weighted by atomic mass is 16.5. The SMILES string of the molecule is COc1ccc(COC(C)C)cc1C#CCN. The van der Waals surface area contributed by atoms with Gasteiger partial charge in [0.25, 0.3) is 0 Å². The van der Waals surface area contributed by atoms with Gasteiger partial charge in [-0.15, -0.1) is 0 Å². The minimum Gasteiger partial charge on any atom is -0.495 e. The van der Waals surface area contributed by atoms with E-state index in [2.05, 4.69) is 11.8 Å². The van der Waals surface area contributed by atoms with E-state index in [0.717, 1.165) is 16.9 Å². The molecule has 92 valence electrons. The predicted octanol–water partition coefficient (Wildman–Crippen LogP) is 1.93. The summed E-state index contributed by atoms with van der Waals surface area (Å²) in [5, 5.41) is 0. The summed E-state index contributed by atoms with van der Waals surface area (Å²) in [6, 6.07) is 5.86. The molecule has 0 spiro atoms. The highest BCUT2D eigenvalue weighted by Crippen LogP contribution is 2.19. The molecule has 0 aliphatic carbocycles. The van der Waals surface area contributed by atoms with Crippen LogP contribution in [0.25, 0.3) is 0 Å². The molecule has 0 heterocycles. The summed E-state index contributed by atoms with van der Waals surface area (Å²) in [5.41, 5.74) is 7.30. The van der Waals surface area contributed by atoms with E-state index in [1.54, 1.807) is 7.11 Å². The van der Waals surface area contributed by atoms with Gasteiger partial charge in [-0.05, 0) is 31.5 Å². The zero-order chi connectivity index (χ0) is 12.7. The lowest BCUT2D eigenvalue weighted by Gasteiger charge is -2.09. The molecule has 0 saturated heterocycles. The Morgan fingerprint density at radius 3 is 2.71 bits per heavy atom. The minimum atomic E-state index is 0.218. The first kappa shape index (κ1) is 13.6. The molecule has 1 rings (SSSR count). The lowest BCUT2D eigenvalue weighted by Crippen LogP contribution is -2.02. The summed E-state index contributed by atoms with van der Waals surface area (Å²) in [4.78, 5) is 0. The van der Waals surface area contributed by atoms with Crippen LogP contribution in [0.5, 0.6) is 5.75 Å². The van der Waals surface area contributed by atoms with Crippen molar-refractivity contribution in [3.8, 4) is 17.6 Å². The van der Waals surface area contributed by atoms with E-state index in [4.69, 9.17) is 15.2 Å². The first-order chi connectivity index (χ1) is 8.17. The summed E-state index contributed by atoms with van der Waals surface area (Å²) in [7, 11) is 1.63. The Balaban J connectivity index is 2.88. The number of nitrogens with two attached hydrogens (primary N) is 1. The van der Waals surface area contributed by atoms with Crippen molar-refractivity contribution >= 4 is 0 Å². The summed E-state index contributed by atoms with van der Waals surface area (Å²) in [6.07, 6.45) is 0.218. The second-order valence-electron chi connectivity index (χ2n) is 3.90. The van der Waals surface area contributed by atoms with Crippen LogP contribution in [0.15, 0.2) is 18.2 Å². The number of hydrogen-bond donors (Lipinski definition) is 1. The molecule has 17 heavy (non-hydrogen) atoms. The smallest absolute Gasteiger partial charge is 0.134 e. The van der Waals surface area contributed by atoms with Crippen LogP contribution >= 0.6 is 0 Å². The largest absolute Gasteiger partial charge is 0.495 e. The van der Waals surface area contributed by atoms with Gasteiger partial charge in [-0.2, -0.15) is 0 Å². The first-order valence-corrected chi connectivity index (χ1v) is 5.64. The highest BCUT2D eigenvalue weighted by molar-refractivity contribution is 5.48. The maximum absolute atomic E-state index is 5.55. The van der Waals surface area contributed by atoms with E-state index in [1.807, 2.05) is 32.0 Å². The van der Waals surface area contributed by atoms with Crippen LogP contribution < -0.4 is 10.5 Å². The molecule has 0 aliphatic rings. The molecule has 0 fully saturated rings. The third kappa shape index (κ3) is 4.48. The van der Waals surface area contributed by atoms with Crippen LogP contribution in [0.4, 0.5) is 0 Å². The van der Waals surface area contributed by atoms with Gasteiger partial charge < -0.3 is 15.2 Å². The average Bonchev–Trinajstić information content (AvgIpc) is 2.33. The van der Waals surface area contributed by atoms with Gasteiger partial charge in [0.1, 0.15) is 5.75 Å². The van der Waals surface area contributed by atoms with E-state index in [9.17, 15) is 0 Å². The van der Waals surface area contributed by atoms with Crippen molar-refractivity contribution < 1.29 is 9.47 Å². The second-order valence-corrected chi connectivity index (χ2v) is 3.90. The number of rotatable bonds is 4. The van der Waals surface area contributed by atoms with Gasteiger partial charge in [-0.3, -0.25) is 0 Å². The van der Waals surface area contributed by atoms with Crippen LogP contribution in [0.3, 0.4) is 0 Å². The van der Waals surface area contributed by atoms with Gasteiger partial charge in [-0.25, -0.2) is 0 Å². The lowest BCUT2D eigenvalue weighted by atomic mass is 10.1. The first-order valence-electron chi connectivity index (χ1n) is 5.64. The van der Waals surface area contributed by atoms with E-state index < -0.39 is 0 Å². The summed E-state index contributed by atoms with van der Waals surface area (Å²) < 4.78 is 10.8. The Labute approximate surface area is 103 Å². The average molecular weight is 233 g/mol. The lowest BCUT2D eigenvalue weighted by molar-refractivity contribution is 0.0657. The molecule has 0 radical (unpaired) electrons. The van der Waals surface area contributed by atoms with Crippen molar-refractivity contribution in [1.82, 2.24) is 0 Å². The zero-order valence-electron chi connectivity index (χ0n) is 10.6. The highest BCUT2D eigenvalue weighted by Gasteiger charge is 2.03. The van der Waals surface area contributed by atoms with Crippen molar-refractivity contribution in [2.45, 2.75) is 26.6 Å². The van der Waals surface area contributed by atoms with E-state index >= 15 is 0 Å². The van der Waals surface area contributed by atoms with Crippen LogP contribution in [0, 0.1) is 11.8 Å². The normalized spacial score (nSPS) is 9.94. The Kier molecular flexibility index (Phi) is 5.55. The third-order valence-corrected chi connectivity index (χ3v) is 2.17. The number of ether oxygens (including phenoxy) is 2. The topological polar surface area (TPSA) is 44.5 Å². The third-order valence-electron chi connectivity index (χ3n) is 2.17. The summed E-state index contributed by atoms with van der Waals surface area (Å²) in [5.74, 6) is 6.59. The fourth-order valence-corrected chi connectivity index (χ4v) is 1.35. The monoisotopic (exact) mass is 233 g/mol. The molecule has 0 amide bonds. The van der Waals surface area contributed by atoms with Crippen LogP contribution in [0.1, 0.15) is 25.0 Å². The second kappa shape index (κ2) is 6.95. The van der Waals surface area contributed by atoms with Crippen LogP contribution in [-0.4, -0.2) is 19.8 Å². The minimum absolute atomic E-state index is 0.218. The van der Waals surface area contributed by atoms with Crippen LogP contribution in [0.2, 0.25) is 0 Å². The van der Waals surface area contributed by atoms with Crippen molar-refractivity contribution in [3.05, 3.63) is 29.3 Å². The molecule has 1 aromatic carbocycles. The number of benzene rings is 1. The molecular weight excluding hydrogens is 214 g/mol. The van der Waals surface area contributed by atoms with E-state index in [-0.39, 0.29) is 6.10 Å². The quantitative estimate of drug-likeness (QED) is 0.808. The van der Waals surface area contributed by atoms with Gasteiger partial charge in [0.05, 0.1) is 31.9 Å². The van der Waals surface area contributed by atoms with Gasteiger partial charge in [0.2, 0.25) is 0 Å². The summed E-state index contributed by atoms with van der Waals surface area (Å²) in [6.45, 7) is 4.95. The fraction of sp³-hybridized carbons (Fsp3) is 0.429. The molecule has 0 aromatic heterocycles. The molecule has 3 heteroatoms. The molecule has 0 aliphatic heterocycles. The molecule has 2 N–H and O–H groups in total. The number of methoxy groups -OCH3 is 1. The number of hydrogen-bond acceptors (Lipinski definition) is 3. The van der Waals surface area contributed by atoms with Crippen molar-refractivity contribution in [3.63, 3.8) is 0 Å². The van der Waals surface area contributed by atoms with E-state index in [1.165, 1.54) is 0 Å². The molecule has 0 saturated carbocycles. The Morgan fingerprint density at radius 1 is 1.35 bits per heavy atom. The predicted molar refractivity (Wildman–Crippen MR) is 68.9 cm³/mol. The van der Waals surface area contributed by atoms with Crippen LogP contribution in [-0.2, 0) is 11.3 Å². The van der Waals surface area contributed by atoms with Gasteiger partial charge in [0, 0.05) is 0 Å². The summed E-state index contributed by atoms with van der Waals surface area (Å²) >= 11 is 0. The van der Waals surface area contributed by atoms with E-state index in [0.29, 0.717) is 13.2 Å². The molecule has 0 atom stereocenters. The molecule has 0 bridgehead atoms. The molecule has 0 unspecified atom stereocenters. The molecular formula is C14H19NO2. The maximum Gasteiger partial charge on any atom is 0.134 e. The zero-order valence-corrected chi connectivity index (χ0v) is 10.6. The van der Waals surface area contributed by atoms with Gasteiger partial charge >= 0.3 is 0 Å². The Hall–Kier alpha value is -1.50.